The van der Waals surface area contributed by atoms with Crippen LogP contribution < -0.4 is 14.5 Å². The molecule has 8 heteroatoms. The lowest BCUT2D eigenvalue weighted by Gasteiger charge is -2.35. The molecule has 1 aromatic carbocycles. The number of rotatable bonds is 5. The molecule has 2 aromatic rings. The molecule has 3 heterocycles. The topological polar surface area (TPSA) is 61.8 Å². The summed E-state index contributed by atoms with van der Waals surface area (Å²) in [6.07, 6.45) is 5.47. The van der Waals surface area contributed by atoms with Gasteiger partial charge in [-0.05, 0) is 49.6 Å². The summed E-state index contributed by atoms with van der Waals surface area (Å²) in [5.41, 5.74) is 0. The molecule has 7 nitrogen and oxygen atoms in total. The molecular weight excluding hydrogens is 373 g/mol. The Morgan fingerprint density at radius 3 is 2.38 bits per heavy atom. The van der Waals surface area contributed by atoms with E-state index < -0.39 is 0 Å². The number of piperazine rings is 1. The Morgan fingerprint density at radius 1 is 0.931 bits per heavy atom. The van der Waals surface area contributed by atoms with E-state index in [-0.39, 0.29) is 18.3 Å². The van der Waals surface area contributed by atoms with Crippen LogP contribution in [0.4, 0.5) is 16.2 Å². The molecule has 0 aliphatic carbocycles. The van der Waals surface area contributed by atoms with E-state index >= 15 is 0 Å². The molecule has 2 fully saturated rings. The molecule has 4 rings (SSSR count). The fourth-order valence-corrected chi connectivity index (χ4v) is 3.71. The predicted molar refractivity (Wildman–Crippen MR) is 109 cm³/mol. The third kappa shape index (κ3) is 4.93. The number of halogens is 1. The van der Waals surface area contributed by atoms with Crippen LogP contribution in [-0.4, -0.2) is 66.7 Å². The van der Waals surface area contributed by atoms with Crippen LogP contribution in [0.5, 0.6) is 5.75 Å². The van der Waals surface area contributed by atoms with E-state index in [0.29, 0.717) is 18.8 Å². The number of piperidine rings is 1. The standard InChI is InChI=1S/C21H26FN5O2/c22-17-4-6-18(7-5-17)29-16-20(28)26-14-12-25(13-15-26)19-8-9-23-21(24-19)27-10-2-1-3-11-27/h4-9H,1-3,10-16H2. The van der Waals surface area contributed by atoms with Gasteiger partial charge in [0.2, 0.25) is 5.95 Å². The molecule has 1 aromatic heterocycles. The lowest BCUT2D eigenvalue weighted by Crippen LogP contribution is -2.50. The Balaban J connectivity index is 1.28. The van der Waals surface area contributed by atoms with Gasteiger partial charge in [0.25, 0.3) is 5.91 Å². The first-order chi connectivity index (χ1) is 14.2. The summed E-state index contributed by atoms with van der Waals surface area (Å²) < 4.78 is 18.4. The van der Waals surface area contributed by atoms with Crippen molar-refractivity contribution in [2.24, 2.45) is 0 Å². The van der Waals surface area contributed by atoms with Crippen LogP contribution in [0.15, 0.2) is 36.5 Å². The van der Waals surface area contributed by atoms with Gasteiger partial charge in [0.15, 0.2) is 6.61 Å². The number of hydrogen-bond donors (Lipinski definition) is 0. The monoisotopic (exact) mass is 399 g/mol. The molecule has 0 unspecified atom stereocenters. The number of aromatic nitrogens is 2. The highest BCUT2D eigenvalue weighted by molar-refractivity contribution is 5.78. The molecule has 0 spiro atoms. The van der Waals surface area contributed by atoms with Crippen molar-refractivity contribution >= 4 is 17.7 Å². The minimum absolute atomic E-state index is 0.0434. The van der Waals surface area contributed by atoms with Crippen LogP contribution in [0, 0.1) is 5.82 Å². The molecule has 2 aliphatic rings. The number of benzene rings is 1. The smallest absolute Gasteiger partial charge is 0.260 e. The zero-order chi connectivity index (χ0) is 20.1. The second-order valence-corrected chi connectivity index (χ2v) is 7.37. The minimum Gasteiger partial charge on any atom is -0.484 e. The lowest BCUT2D eigenvalue weighted by molar-refractivity contribution is -0.133. The summed E-state index contributed by atoms with van der Waals surface area (Å²) in [5.74, 6) is 1.81. The number of anilines is 2. The van der Waals surface area contributed by atoms with Crippen molar-refractivity contribution in [3.63, 3.8) is 0 Å². The van der Waals surface area contributed by atoms with Crippen LogP contribution in [0.2, 0.25) is 0 Å². The third-order valence-electron chi connectivity index (χ3n) is 5.40. The van der Waals surface area contributed by atoms with Crippen LogP contribution in [-0.2, 0) is 4.79 Å². The van der Waals surface area contributed by atoms with Gasteiger partial charge in [0, 0.05) is 45.5 Å². The number of carbonyl (C=O) groups excluding carboxylic acids is 1. The maximum Gasteiger partial charge on any atom is 0.260 e. The zero-order valence-electron chi connectivity index (χ0n) is 16.5. The summed E-state index contributed by atoms with van der Waals surface area (Å²) in [5, 5.41) is 0. The van der Waals surface area contributed by atoms with Gasteiger partial charge in [0.1, 0.15) is 17.4 Å². The third-order valence-corrected chi connectivity index (χ3v) is 5.40. The maximum absolute atomic E-state index is 12.9. The Morgan fingerprint density at radius 2 is 1.66 bits per heavy atom. The van der Waals surface area contributed by atoms with E-state index in [1.54, 1.807) is 4.90 Å². The molecule has 2 saturated heterocycles. The van der Waals surface area contributed by atoms with Crippen LogP contribution in [0.25, 0.3) is 0 Å². The summed E-state index contributed by atoms with van der Waals surface area (Å²) in [6, 6.07) is 7.62. The van der Waals surface area contributed by atoms with E-state index in [0.717, 1.165) is 37.9 Å². The van der Waals surface area contributed by atoms with E-state index in [1.807, 2.05) is 12.3 Å². The van der Waals surface area contributed by atoms with Crippen molar-refractivity contribution in [2.45, 2.75) is 19.3 Å². The number of carbonyl (C=O) groups is 1. The highest BCUT2D eigenvalue weighted by Gasteiger charge is 2.23. The van der Waals surface area contributed by atoms with Gasteiger partial charge in [-0.1, -0.05) is 0 Å². The first-order valence-corrected chi connectivity index (χ1v) is 10.2. The summed E-state index contributed by atoms with van der Waals surface area (Å²) in [4.78, 5) is 27.9. The second kappa shape index (κ2) is 9.07. The van der Waals surface area contributed by atoms with Gasteiger partial charge in [-0.25, -0.2) is 9.37 Å². The zero-order valence-corrected chi connectivity index (χ0v) is 16.5. The van der Waals surface area contributed by atoms with Crippen LogP contribution in [0.1, 0.15) is 19.3 Å². The minimum atomic E-state index is -0.326. The first kappa shape index (κ1) is 19.4. The Labute approximate surface area is 170 Å². The van der Waals surface area contributed by atoms with E-state index in [2.05, 4.69) is 14.8 Å². The Bertz CT molecular complexity index is 818. The Hall–Kier alpha value is -2.90. The fourth-order valence-electron chi connectivity index (χ4n) is 3.71. The molecule has 0 atom stereocenters. The number of amides is 1. The molecule has 0 saturated carbocycles. The largest absolute Gasteiger partial charge is 0.484 e. The lowest BCUT2D eigenvalue weighted by atomic mass is 10.1. The summed E-state index contributed by atoms with van der Waals surface area (Å²) >= 11 is 0. The average molecular weight is 399 g/mol. The quantitative estimate of drug-likeness (QED) is 0.769. The number of ether oxygens (including phenoxy) is 1. The SMILES string of the molecule is O=C(COc1ccc(F)cc1)N1CCN(c2ccnc(N3CCCCC3)n2)CC1. The van der Waals surface area contributed by atoms with Crippen molar-refractivity contribution < 1.29 is 13.9 Å². The van der Waals surface area contributed by atoms with Gasteiger partial charge < -0.3 is 19.4 Å². The van der Waals surface area contributed by atoms with E-state index in [9.17, 15) is 9.18 Å². The molecule has 0 N–H and O–H groups in total. The molecule has 29 heavy (non-hydrogen) atoms. The summed E-state index contributed by atoms with van der Waals surface area (Å²) in [7, 11) is 0. The predicted octanol–water partition coefficient (Wildman–Crippen LogP) is 2.33. The van der Waals surface area contributed by atoms with Gasteiger partial charge in [-0.15, -0.1) is 0 Å². The van der Waals surface area contributed by atoms with E-state index in [4.69, 9.17) is 9.72 Å². The molecule has 154 valence electrons. The van der Waals surface area contributed by atoms with Crippen LogP contribution >= 0.6 is 0 Å². The van der Waals surface area contributed by atoms with Crippen molar-refractivity contribution in [2.75, 3.05) is 55.7 Å². The summed E-state index contributed by atoms with van der Waals surface area (Å²) in [6.45, 7) is 4.67. The number of hydrogen-bond acceptors (Lipinski definition) is 6. The maximum atomic E-state index is 12.9. The van der Waals surface area contributed by atoms with Gasteiger partial charge in [-0.3, -0.25) is 4.79 Å². The Kier molecular flexibility index (Phi) is 6.07. The average Bonchev–Trinajstić information content (AvgIpc) is 2.79. The highest BCUT2D eigenvalue weighted by atomic mass is 19.1. The number of nitrogens with zero attached hydrogens (tertiary/aromatic N) is 5. The second-order valence-electron chi connectivity index (χ2n) is 7.37. The first-order valence-electron chi connectivity index (χ1n) is 10.2. The molecular formula is C21H26FN5O2. The van der Waals surface area contributed by atoms with Crippen molar-refractivity contribution in [1.82, 2.24) is 14.9 Å². The van der Waals surface area contributed by atoms with Gasteiger partial charge in [0.05, 0.1) is 0 Å². The molecule has 0 bridgehead atoms. The highest BCUT2D eigenvalue weighted by Crippen LogP contribution is 2.20. The van der Waals surface area contributed by atoms with Gasteiger partial charge in [-0.2, -0.15) is 4.98 Å². The molecule has 0 radical (unpaired) electrons. The molecule has 2 aliphatic heterocycles. The van der Waals surface area contributed by atoms with E-state index in [1.165, 1.54) is 43.5 Å². The fraction of sp³-hybridized carbons (Fsp3) is 0.476. The van der Waals surface area contributed by atoms with Crippen molar-refractivity contribution in [3.8, 4) is 5.75 Å². The normalized spacial score (nSPS) is 17.3. The van der Waals surface area contributed by atoms with Crippen molar-refractivity contribution in [1.29, 1.82) is 0 Å². The van der Waals surface area contributed by atoms with Crippen LogP contribution in [0.3, 0.4) is 0 Å². The van der Waals surface area contributed by atoms with Gasteiger partial charge >= 0.3 is 0 Å². The van der Waals surface area contributed by atoms with Crippen molar-refractivity contribution in [3.05, 3.63) is 42.3 Å². The molecule has 1 amide bonds.